The Morgan fingerprint density at radius 3 is 2.71 bits per heavy atom. The predicted molar refractivity (Wildman–Crippen MR) is 90.0 cm³/mol. The molecule has 0 saturated heterocycles. The van der Waals surface area contributed by atoms with Crippen LogP contribution in [0.3, 0.4) is 0 Å². The van der Waals surface area contributed by atoms with E-state index >= 15 is 0 Å². The summed E-state index contributed by atoms with van der Waals surface area (Å²) in [7, 11) is 0. The molecule has 2 nitrogen and oxygen atoms in total. The van der Waals surface area contributed by atoms with E-state index in [1.165, 1.54) is 34.6 Å². The van der Waals surface area contributed by atoms with Crippen LogP contribution in [0, 0.1) is 0 Å². The quantitative estimate of drug-likeness (QED) is 0.617. The van der Waals surface area contributed by atoms with Crippen LogP contribution in [0.5, 0.6) is 0 Å². The summed E-state index contributed by atoms with van der Waals surface area (Å²) < 4.78 is 0. The standard InChI is InChI=1S/C18H21NOS/c20-12-3-13-21-16-9-7-15(8-10-16)19-18-11-6-14-4-1-2-5-17(14)18/h1-2,4-5,7-10,18-20H,3,6,11-13H2. The van der Waals surface area contributed by atoms with E-state index < -0.39 is 0 Å². The highest BCUT2D eigenvalue weighted by atomic mass is 32.2. The number of anilines is 1. The summed E-state index contributed by atoms with van der Waals surface area (Å²) in [5, 5.41) is 12.4. The van der Waals surface area contributed by atoms with Gasteiger partial charge < -0.3 is 10.4 Å². The summed E-state index contributed by atoms with van der Waals surface area (Å²) in [5.41, 5.74) is 4.10. The van der Waals surface area contributed by atoms with Crippen molar-refractivity contribution in [3.05, 3.63) is 59.7 Å². The molecule has 1 aliphatic rings. The van der Waals surface area contributed by atoms with Crippen LogP contribution < -0.4 is 5.32 Å². The molecule has 1 aliphatic carbocycles. The first-order valence-electron chi connectivity index (χ1n) is 7.55. The number of aryl methyl sites for hydroxylation is 1. The minimum atomic E-state index is 0.272. The molecule has 3 rings (SSSR count). The Balaban J connectivity index is 1.61. The maximum Gasteiger partial charge on any atom is 0.0519 e. The Morgan fingerprint density at radius 2 is 1.90 bits per heavy atom. The van der Waals surface area contributed by atoms with Crippen molar-refractivity contribution >= 4 is 17.4 Å². The Hall–Kier alpha value is -1.45. The number of nitrogens with one attached hydrogen (secondary N) is 1. The van der Waals surface area contributed by atoms with Gasteiger partial charge in [0.1, 0.15) is 0 Å². The van der Waals surface area contributed by atoms with Gasteiger partial charge in [-0.1, -0.05) is 24.3 Å². The lowest BCUT2D eigenvalue weighted by Crippen LogP contribution is -2.06. The second kappa shape index (κ2) is 7.01. The number of fused-ring (bicyclic) bond motifs is 1. The molecular formula is C18H21NOS. The molecule has 0 heterocycles. The number of rotatable bonds is 6. The Bertz CT molecular complexity index is 582. The first kappa shape index (κ1) is 14.5. The van der Waals surface area contributed by atoms with E-state index in [0.29, 0.717) is 6.04 Å². The van der Waals surface area contributed by atoms with Gasteiger partial charge in [0.05, 0.1) is 6.04 Å². The van der Waals surface area contributed by atoms with E-state index in [4.69, 9.17) is 5.11 Å². The summed E-state index contributed by atoms with van der Waals surface area (Å²) >= 11 is 1.80. The number of aliphatic hydroxyl groups excluding tert-OH is 1. The molecule has 3 heteroatoms. The molecule has 0 spiro atoms. The first-order valence-corrected chi connectivity index (χ1v) is 8.53. The predicted octanol–water partition coefficient (Wildman–Crippen LogP) is 4.26. The fraction of sp³-hybridized carbons (Fsp3) is 0.333. The Morgan fingerprint density at radius 1 is 1.10 bits per heavy atom. The number of benzene rings is 2. The number of hydrogen-bond donors (Lipinski definition) is 2. The minimum absolute atomic E-state index is 0.272. The lowest BCUT2D eigenvalue weighted by molar-refractivity contribution is 0.296. The van der Waals surface area contributed by atoms with Crippen molar-refractivity contribution in [2.75, 3.05) is 17.7 Å². The molecule has 0 fully saturated rings. The zero-order chi connectivity index (χ0) is 14.5. The number of aliphatic hydroxyl groups is 1. The normalized spacial score (nSPS) is 16.7. The van der Waals surface area contributed by atoms with E-state index in [1.807, 2.05) is 0 Å². The van der Waals surface area contributed by atoms with E-state index in [9.17, 15) is 0 Å². The Labute approximate surface area is 130 Å². The summed E-state index contributed by atoms with van der Waals surface area (Å²) in [6, 6.07) is 17.8. The van der Waals surface area contributed by atoms with Gasteiger partial charge in [0, 0.05) is 22.9 Å². The van der Waals surface area contributed by atoms with Gasteiger partial charge in [0.25, 0.3) is 0 Å². The second-order valence-electron chi connectivity index (χ2n) is 5.38. The van der Waals surface area contributed by atoms with Gasteiger partial charge in [0.2, 0.25) is 0 Å². The smallest absolute Gasteiger partial charge is 0.0519 e. The molecule has 2 N–H and O–H groups in total. The molecule has 21 heavy (non-hydrogen) atoms. The first-order chi connectivity index (χ1) is 10.4. The van der Waals surface area contributed by atoms with Gasteiger partial charge in [0.15, 0.2) is 0 Å². The highest BCUT2D eigenvalue weighted by Gasteiger charge is 2.21. The van der Waals surface area contributed by atoms with Crippen LogP contribution in [-0.2, 0) is 6.42 Å². The van der Waals surface area contributed by atoms with Gasteiger partial charge >= 0.3 is 0 Å². The maximum absolute atomic E-state index is 8.80. The molecule has 2 aromatic rings. The fourth-order valence-electron chi connectivity index (χ4n) is 2.81. The molecule has 0 bridgehead atoms. The van der Waals surface area contributed by atoms with Crippen LogP contribution in [0.15, 0.2) is 53.4 Å². The van der Waals surface area contributed by atoms with Crippen LogP contribution >= 0.6 is 11.8 Å². The lowest BCUT2D eigenvalue weighted by atomic mass is 10.1. The molecule has 2 aromatic carbocycles. The van der Waals surface area contributed by atoms with E-state index in [-0.39, 0.29) is 6.61 Å². The van der Waals surface area contributed by atoms with Gasteiger partial charge in [-0.15, -0.1) is 11.8 Å². The molecule has 0 aromatic heterocycles. The highest BCUT2D eigenvalue weighted by Crippen LogP contribution is 2.34. The lowest BCUT2D eigenvalue weighted by Gasteiger charge is -2.15. The molecule has 0 saturated carbocycles. The summed E-state index contributed by atoms with van der Waals surface area (Å²) in [5.74, 6) is 0.972. The van der Waals surface area contributed by atoms with Gasteiger partial charge in [-0.3, -0.25) is 0 Å². The van der Waals surface area contributed by atoms with Crippen LogP contribution in [0.1, 0.15) is 30.0 Å². The average Bonchev–Trinajstić information content (AvgIpc) is 2.93. The molecule has 1 atom stereocenters. The molecule has 1 unspecified atom stereocenters. The zero-order valence-electron chi connectivity index (χ0n) is 12.1. The topological polar surface area (TPSA) is 32.3 Å². The summed E-state index contributed by atoms with van der Waals surface area (Å²) in [4.78, 5) is 1.26. The third-order valence-electron chi connectivity index (χ3n) is 3.90. The van der Waals surface area contributed by atoms with Crippen LogP contribution in [-0.4, -0.2) is 17.5 Å². The molecule has 0 radical (unpaired) electrons. The van der Waals surface area contributed by atoms with E-state index in [2.05, 4.69) is 53.8 Å². The van der Waals surface area contributed by atoms with E-state index in [1.54, 1.807) is 11.8 Å². The average molecular weight is 299 g/mol. The van der Waals surface area contributed by atoms with Crippen LogP contribution in [0.4, 0.5) is 5.69 Å². The van der Waals surface area contributed by atoms with E-state index in [0.717, 1.165) is 12.2 Å². The maximum atomic E-state index is 8.80. The third-order valence-corrected chi connectivity index (χ3v) is 5.00. The minimum Gasteiger partial charge on any atom is -0.396 e. The molecule has 0 amide bonds. The van der Waals surface area contributed by atoms with Crippen LogP contribution in [0.25, 0.3) is 0 Å². The van der Waals surface area contributed by atoms with Crippen molar-refractivity contribution in [3.8, 4) is 0 Å². The second-order valence-corrected chi connectivity index (χ2v) is 6.55. The van der Waals surface area contributed by atoms with Crippen molar-refractivity contribution in [2.45, 2.75) is 30.2 Å². The molecular weight excluding hydrogens is 278 g/mol. The number of thioether (sulfide) groups is 1. The van der Waals surface area contributed by atoms with Gasteiger partial charge in [-0.25, -0.2) is 0 Å². The molecule has 0 aliphatic heterocycles. The monoisotopic (exact) mass is 299 g/mol. The summed E-state index contributed by atoms with van der Waals surface area (Å²) in [6.07, 6.45) is 3.19. The van der Waals surface area contributed by atoms with Gasteiger partial charge in [-0.2, -0.15) is 0 Å². The number of hydrogen-bond acceptors (Lipinski definition) is 3. The van der Waals surface area contributed by atoms with Crippen molar-refractivity contribution in [1.29, 1.82) is 0 Å². The van der Waals surface area contributed by atoms with Gasteiger partial charge in [-0.05, 0) is 54.7 Å². The Kier molecular flexibility index (Phi) is 4.84. The summed E-state index contributed by atoms with van der Waals surface area (Å²) in [6.45, 7) is 0.272. The zero-order valence-corrected chi connectivity index (χ0v) is 12.9. The van der Waals surface area contributed by atoms with Crippen molar-refractivity contribution in [2.24, 2.45) is 0 Å². The van der Waals surface area contributed by atoms with Crippen molar-refractivity contribution < 1.29 is 5.11 Å². The van der Waals surface area contributed by atoms with Crippen molar-refractivity contribution in [1.82, 2.24) is 0 Å². The third kappa shape index (κ3) is 3.60. The van der Waals surface area contributed by atoms with Crippen LogP contribution in [0.2, 0.25) is 0 Å². The highest BCUT2D eigenvalue weighted by molar-refractivity contribution is 7.99. The van der Waals surface area contributed by atoms with Crippen molar-refractivity contribution in [3.63, 3.8) is 0 Å². The SMILES string of the molecule is OCCCSc1ccc(NC2CCc3ccccc32)cc1. The fourth-order valence-corrected chi connectivity index (χ4v) is 3.65. The largest absolute Gasteiger partial charge is 0.396 e. The molecule has 110 valence electrons.